The van der Waals surface area contributed by atoms with Crippen LogP contribution >= 0.6 is 0 Å². The number of phenolic OH excluding ortho intramolecular Hbond substituents is 1. The van der Waals surface area contributed by atoms with Gasteiger partial charge in [0.25, 0.3) is 0 Å². The van der Waals surface area contributed by atoms with Gasteiger partial charge in [0.15, 0.2) is 5.82 Å². The molecule has 0 radical (unpaired) electrons. The zero-order valence-corrected chi connectivity index (χ0v) is 10.4. The molecule has 0 aliphatic carbocycles. The largest absolute Gasteiger partial charge is 0.508 e. The fourth-order valence-electron chi connectivity index (χ4n) is 2.23. The van der Waals surface area contributed by atoms with Crippen LogP contribution in [0.25, 0.3) is 0 Å². The molecule has 0 saturated heterocycles. The highest BCUT2D eigenvalue weighted by atomic mass is 16.3. The first kappa shape index (κ1) is 11.7. The second kappa shape index (κ2) is 4.72. The summed E-state index contributed by atoms with van der Waals surface area (Å²) in [5.41, 5.74) is 0.817. The van der Waals surface area contributed by atoms with Crippen LogP contribution in [0.4, 0.5) is 0 Å². The molecule has 1 aliphatic rings. The molecule has 19 heavy (non-hydrogen) atoms. The predicted octanol–water partition coefficient (Wildman–Crippen LogP) is 0.569. The minimum Gasteiger partial charge on any atom is -0.508 e. The summed E-state index contributed by atoms with van der Waals surface area (Å²) in [6.07, 6.45) is 1.98. The van der Waals surface area contributed by atoms with E-state index in [0.29, 0.717) is 19.5 Å². The molecule has 1 aromatic carbocycles. The highest BCUT2D eigenvalue weighted by Crippen LogP contribution is 2.14. The zero-order chi connectivity index (χ0) is 13.2. The molecule has 0 atom stereocenters. The predicted molar refractivity (Wildman–Crippen MR) is 67.2 cm³/mol. The van der Waals surface area contributed by atoms with Gasteiger partial charge < -0.3 is 14.6 Å². The maximum atomic E-state index is 12.2. The van der Waals surface area contributed by atoms with E-state index in [0.717, 1.165) is 17.9 Å². The van der Waals surface area contributed by atoms with E-state index in [1.54, 1.807) is 29.4 Å². The number of hydrogen-bond donors (Lipinski definition) is 1. The molecule has 0 fully saturated rings. The summed E-state index contributed by atoms with van der Waals surface area (Å²) in [5.74, 6) is 1.04. The number of aromatic nitrogens is 3. The highest BCUT2D eigenvalue weighted by Gasteiger charge is 2.21. The van der Waals surface area contributed by atoms with E-state index in [1.165, 1.54) is 0 Å². The Morgan fingerprint density at radius 3 is 3.11 bits per heavy atom. The maximum Gasteiger partial charge on any atom is 0.227 e. The number of rotatable bonds is 2. The molecule has 2 heterocycles. The van der Waals surface area contributed by atoms with Crippen molar-refractivity contribution in [2.45, 2.75) is 19.5 Å². The van der Waals surface area contributed by atoms with Gasteiger partial charge in [0, 0.05) is 13.1 Å². The van der Waals surface area contributed by atoms with Crippen LogP contribution in [0.5, 0.6) is 5.75 Å². The number of hydrogen-bond acceptors (Lipinski definition) is 4. The van der Waals surface area contributed by atoms with Gasteiger partial charge in [-0.25, -0.2) is 0 Å². The van der Waals surface area contributed by atoms with Gasteiger partial charge in [0.2, 0.25) is 5.91 Å². The van der Waals surface area contributed by atoms with Crippen LogP contribution in [0.15, 0.2) is 30.6 Å². The molecule has 1 amide bonds. The number of phenols is 1. The Kier molecular flexibility index (Phi) is 2.91. The van der Waals surface area contributed by atoms with Crippen molar-refractivity contribution < 1.29 is 9.90 Å². The second-order valence-corrected chi connectivity index (χ2v) is 4.60. The lowest BCUT2D eigenvalue weighted by Gasteiger charge is -2.27. The Balaban J connectivity index is 1.69. The van der Waals surface area contributed by atoms with Crippen LogP contribution in [0, 0.1) is 0 Å². The minimum atomic E-state index is 0.0415. The Hall–Kier alpha value is -2.37. The molecule has 1 aromatic heterocycles. The van der Waals surface area contributed by atoms with Gasteiger partial charge in [-0.15, -0.1) is 10.2 Å². The fraction of sp³-hybridized carbons (Fsp3) is 0.308. The van der Waals surface area contributed by atoms with Crippen molar-refractivity contribution >= 4 is 5.91 Å². The molecule has 98 valence electrons. The Morgan fingerprint density at radius 1 is 1.37 bits per heavy atom. The van der Waals surface area contributed by atoms with Crippen molar-refractivity contribution in [3.63, 3.8) is 0 Å². The lowest BCUT2D eigenvalue weighted by atomic mass is 10.1. The van der Waals surface area contributed by atoms with Crippen molar-refractivity contribution in [2.75, 3.05) is 6.54 Å². The Morgan fingerprint density at radius 2 is 2.26 bits per heavy atom. The second-order valence-electron chi connectivity index (χ2n) is 4.60. The van der Waals surface area contributed by atoms with Gasteiger partial charge in [-0.1, -0.05) is 12.1 Å². The molecule has 2 aromatic rings. The van der Waals surface area contributed by atoms with Crippen molar-refractivity contribution in [2.24, 2.45) is 0 Å². The van der Waals surface area contributed by atoms with Crippen molar-refractivity contribution in [3.8, 4) is 5.75 Å². The molecular weight excluding hydrogens is 244 g/mol. The molecule has 6 heteroatoms. The number of carbonyl (C=O) groups excluding carboxylic acids is 1. The molecule has 1 aliphatic heterocycles. The van der Waals surface area contributed by atoms with Crippen LogP contribution in [0.2, 0.25) is 0 Å². The molecule has 6 nitrogen and oxygen atoms in total. The summed E-state index contributed by atoms with van der Waals surface area (Å²) in [7, 11) is 0. The standard InChI is InChI=1S/C13H14N4O2/c18-11-3-1-2-10(6-11)7-13(19)16-4-5-17-9-14-15-12(17)8-16/h1-3,6,9,18H,4-5,7-8H2. The van der Waals surface area contributed by atoms with E-state index in [-0.39, 0.29) is 11.7 Å². The first-order valence-electron chi connectivity index (χ1n) is 6.15. The topological polar surface area (TPSA) is 71.2 Å². The molecule has 0 spiro atoms. The van der Waals surface area contributed by atoms with Gasteiger partial charge in [-0.3, -0.25) is 4.79 Å². The van der Waals surface area contributed by atoms with Crippen LogP contribution in [0.1, 0.15) is 11.4 Å². The van der Waals surface area contributed by atoms with Crippen LogP contribution < -0.4 is 0 Å². The zero-order valence-electron chi connectivity index (χ0n) is 10.4. The molecular formula is C13H14N4O2. The number of aromatic hydroxyl groups is 1. The third-order valence-corrected chi connectivity index (χ3v) is 3.26. The molecule has 1 N–H and O–H groups in total. The summed E-state index contributed by atoms with van der Waals surface area (Å²) >= 11 is 0. The molecule has 3 rings (SSSR count). The summed E-state index contributed by atoms with van der Waals surface area (Å²) < 4.78 is 1.96. The first-order chi connectivity index (χ1) is 9.22. The van der Waals surface area contributed by atoms with Crippen molar-refractivity contribution in [3.05, 3.63) is 42.0 Å². The number of nitrogens with zero attached hydrogens (tertiary/aromatic N) is 4. The summed E-state index contributed by atoms with van der Waals surface area (Å²) in [5, 5.41) is 17.2. The molecule has 0 unspecified atom stereocenters. The fourth-order valence-corrected chi connectivity index (χ4v) is 2.23. The first-order valence-corrected chi connectivity index (χ1v) is 6.15. The highest BCUT2D eigenvalue weighted by molar-refractivity contribution is 5.78. The molecule has 0 saturated carbocycles. The monoisotopic (exact) mass is 258 g/mol. The van der Waals surface area contributed by atoms with E-state index in [1.807, 2.05) is 10.6 Å². The van der Waals surface area contributed by atoms with E-state index in [2.05, 4.69) is 10.2 Å². The summed E-state index contributed by atoms with van der Waals surface area (Å²) in [6, 6.07) is 6.79. The van der Waals surface area contributed by atoms with E-state index in [4.69, 9.17) is 0 Å². The van der Waals surface area contributed by atoms with Gasteiger partial charge in [0.05, 0.1) is 13.0 Å². The van der Waals surface area contributed by atoms with Gasteiger partial charge in [-0.2, -0.15) is 0 Å². The normalized spacial score (nSPS) is 14.2. The van der Waals surface area contributed by atoms with Crippen LogP contribution in [-0.2, 0) is 24.3 Å². The van der Waals surface area contributed by atoms with Crippen molar-refractivity contribution in [1.29, 1.82) is 0 Å². The Labute approximate surface area is 110 Å². The minimum absolute atomic E-state index is 0.0415. The van der Waals surface area contributed by atoms with Gasteiger partial charge in [0.1, 0.15) is 12.1 Å². The smallest absolute Gasteiger partial charge is 0.227 e. The molecule has 0 bridgehead atoms. The number of fused-ring (bicyclic) bond motifs is 1. The Bertz CT molecular complexity index is 608. The third-order valence-electron chi connectivity index (χ3n) is 3.26. The van der Waals surface area contributed by atoms with Crippen molar-refractivity contribution in [1.82, 2.24) is 19.7 Å². The van der Waals surface area contributed by atoms with E-state index < -0.39 is 0 Å². The summed E-state index contributed by atoms with van der Waals surface area (Å²) in [4.78, 5) is 14.0. The average Bonchev–Trinajstić information content (AvgIpc) is 2.85. The van der Waals surface area contributed by atoms with Crippen LogP contribution in [0.3, 0.4) is 0 Å². The van der Waals surface area contributed by atoms with Crippen LogP contribution in [-0.4, -0.2) is 37.2 Å². The van der Waals surface area contributed by atoms with E-state index >= 15 is 0 Å². The summed E-state index contributed by atoms with van der Waals surface area (Å²) in [6.45, 7) is 1.90. The lowest BCUT2D eigenvalue weighted by Crippen LogP contribution is -2.39. The number of benzene rings is 1. The average molecular weight is 258 g/mol. The van der Waals surface area contributed by atoms with Gasteiger partial charge in [-0.05, 0) is 17.7 Å². The van der Waals surface area contributed by atoms with Gasteiger partial charge >= 0.3 is 0 Å². The lowest BCUT2D eigenvalue weighted by molar-refractivity contribution is -0.132. The SMILES string of the molecule is O=C(Cc1cccc(O)c1)N1CCn2cnnc2C1. The third kappa shape index (κ3) is 2.42. The quantitative estimate of drug-likeness (QED) is 0.854. The van der Waals surface area contributed by atoms with E-state index in [9.17, 15) is 9.90 Å². The number of carbonyl (C=O) groups is 1. The maximum absolute atomic E-state index is 12.2. The number of amides is 1.